The van der Waals surface area contributed by atoms with Crippen LogP contribution in [0, 0.1) is 0 Å². The Morgan fingerprint density at radius 2 is 1.61 bits per heavy atom. The van der Waals surface area contributed by atoms with Gasteiger partial charge in [0.25, 0.3) is 0 Å². The highest BCUT2D eigenvalue weighted by molar-refractivity contribution is 7.82. The first kappa shape index (κ1) is 24.7. The van der Waals surface area contributed by atoms with Crippen LogP contribution in [-0.2, 0) is 27.6 Å². The third kappa shape index (κ3) is 4.97. The van der Waals surface area contributed by atoms with Crippen molar-refractivity contribution in [2.75, 3.05) is 19.9 Å². The van der Waals surface area contributed by atoms with Crippen LogP contribution in [-0.4, -0.2) is 34.2 Å². The molecule has 0 amide bonds. The Morgan fingerprint density at radius 3 is 2.31 bits per heavy atom. The Hall–Kier alpha value is -2.96. The number of nitrogens with zero attached hydrogens (tertiary/aromatic N) is 1. The van der Waals surface area contributed by atoms with Crippen molar-refractivity contribution in [1.82, 2.24) is 4.31 Å². The Morgan fingerprint density at radius 1 is 0.889 bits per heavy atom. The number of ketones is 1. The molecule has 1 heterocycles. The molecular formula is C30H33NO4S. The number of carbonyl (C=O) groups excluding carboxylic acids is 1. The number of ether oxygens (including phenoxy) is 2. The molecule has 5 nitrogen and oxygen atoms in total. The number of carbonyl (C=O) groups is 1. The minimum Gasteiger partial charge on any atom is -0.454 e. The molecular weight excluding hydrogens is 470 g/mol. The molecule has 1 atom stereocenters. The maximum absolute atomic E-state index is 13.4. The van der Waals surface area contributed by atoms with Gasteiger partial charge >= 0.3 is 0 Å². The zero-order valence-corrected chi connectivity index (χ0v) is 21.8. The van der Waals surface area contributed by atoms with Crippen molar-refractivity contribution < 1.29 is 18.5 Å². The Kier molecular flexibility index (Phi) is 7.26. The summed E-state index contributed by atoms with van der Waals surface area (Å²) < 4.78 is 26.0. The predicted molar refractivity (Wildman–Crippen MR) is 143 cm³/mol. The summed E-state index contributed by atoms with van der Waals surface area (Å²) in [5, 5.41) is 0. The Bertz CT molecular complexity index is 1260. The topological polar surface area (TPSA) is 55.8 Å². The summed E-state index contributed by atoms with van der Waals surface area (Å²) in [6.07, 6.45) is 4.09. The fraction of sp³-hybridized carbons (Fsp3) is 0.367. The zero-order chi connectivity index (χ0) is 25.1. The van der Waals surface area contributed by atoms with Crippen LogP contribution in [0.5, 0.6) is 11.5 Å². The third-order valence-electron chi connectivity index (χ3n) is 7.07. The van der Waals surface area contributed by atoms with E-state index in [2.05, 4.69) is 26.0 Å². The van der Waals surface area contributed by atoms with Gasteiger partial charge in [-0.2, -0.15) is 0 Å². The summed E-state index contributed by atoms with van der Waals surface area (Å²) in [6.45, 7) is 6.11. The van der Waals surface area contributed by atoms with Crippen LogP contribution in [0.25, 0.3) is 11.1 Å². The largest absolute Gasteiger partial charge is 0.454 e. The molecule has 5 rings (SSSR count). The monoisotopic (exact) mass is 503 g/mol. The lowest BCUT2D eigenvalue weighted by Gasteiger charge is -2.19. The highest BCUT2D eigenvalue weighted by Crippen LogP contribution is 2.51. The van der Waals surface area contributed by atoms with Gasteiger partial charge in [-0.1, -0.05) is 56.3 Å². The fourth-order valence-corrected chi connectivity index (χ4v) is 6.32. The van der Waals surface area contributed by atoms with Gasteiger partial charge in [0, 0.05) is 19.5 Å². The average Bonchev–Trinajstić information content (AvgIpc) is 3.59. The van der Waals surface area contributed by atoms with Crippen molar-refractivity contribution >= 4 is 16.8 Å². The molecule has 1 aliphatic carbocycles. The second kappa shape index (κ2) is 10.6. The number of fused-ring (bicyclic) bond motifs is 1. The Labute approximate surface area is 216 Å². The van der Waals surface area contributed by atoms with Gasteiger partial charge in [0.15, 0.2) is 11.5 Å². The highest BCUT2D eigenvalue weighted by Gasteiger charge is 2.50. The van der Waals surface area contributed by atoms with E-state index in [1.165, 1.54) is 0 Å². The predicted octanol–water partition coefficient (Wildman–Crippen LogP) is 6.07. The maximum Gasteiger partial charge on any atom is 0.231 e. The van der Waals surface area contributed by atoms with Crippen molar-refractivity contribution in [3.05, 3.63) is 77.9 Å². The van der Waals surface area contributed by atoms with Crippen molar-refractivity contribution in [3.8, 4) is 22.6 Å². The van der Waals surface area contributed by atoms with E-state index in [1.54, 1.807) is 0 Å². The molecule has 0 saturated heterocycles. The minimum absolute atomic E-state index is 0.235. The summed E-state index contributed by atoms with van der Waals surface area (Å²) in [5.74, 6) is 1.72. The molecule has 1 saturated carbocycles. The van der Waals surface area contributed by atoms with Gasteiger partial charge in [0.05, 0.1) is 10.3 Å². The fourth-order valence-electron chi connectivity index (χ4n) is 4.95. The summed E-state index contributed by atoms with van der Waals surface area (Å²) in [4.78, 5) is 14.2. The lowest BCUT2D eigenvalue weighted by molar-refractivity contribution is -0.120. The van der Waals surface area contributed by atoms with Crippen LogP contribution in [0.4, 0.5) is 0 Å². The molecule has 2 aliphatic rings. The summed E-state index contributed by atoms with van der Waals surface area (Å²) in [6, 6.07) is 22.0. The van der Waals surface area contributed by atoms with E-state index in [1.807, 2.05) is 58.9 Å². The van der Waals surface area contributed by atoms with E-state index in [0.29, 0.717) is 6.42 Å². The average molecular weight is 504 g/mol. The third-order valence-corrected chi connectivity index (χ3v) is 8.58. The van der Waals surface area contributed by atoms with Gasteiger partial charge in [-0.3, -0.25) is 4.79 Å². The highest BCUT2D eigenvalue weighted by atomic mass is 32.2. The number of Topliss-reactive ketones (excluding diaryl/α,β-unsaturated/α-hetero) is 1. The van der Waals surface area contributed by atoms with Gasteiger partial charge in [0.2, 0.25) is 6.79 Å². The number of hydrogen-bond acceptors (Lipinski definition) is 4. The Balaban J connectivity index is 1.30. The molecule has 0 bridgehead atoms. The van der Waals surface area contributed by atoms with E-state index in [0.717, 1.165) is 77.4 Å². The molecule has 1 aliphatic heterocycles. The van der Waals surface area contributed by atoms with Gasteiger partial charge in [0.1, 0.15) is 16.8 Å². The van der Waals surface area contributed by atoms with Crippen molar-refractivity contribution in [3.63, 3.8) is 0 Å². The van der Waals surface area contributed by atoms with Gasteiger partial charge in [-0.15, -0.1) is 0 Å². The van der Waals surface area contributed by atoms with Gasteiger partial charge in [-0.05, 0) is 72.2 Å². The standard InChI is InChI=1S/C30H33NO4S/c1-3-16-31(17-4-2)36(33)26-11-8-23(9-12-26)24-7-5-6-22(18-24)19-29(32)30(14-15-30)25-10-13-27-28(20-25)35-21-34-27/h5-13,18,20H,3-4,14-17,19,21H2,1-2H3. The van der Waals surface area contributed by atoms with Crippen molar-refractivity contribution in [1.29, 1.82) is 0 Å². The van der Waals surface area contributed by atoms with Gasteiger partial charge in [-0.25, -0.2) is 8.51 Å². The van der Waals surface area contributed by atoms with Crippen molar-refractivity contribution in [2.45, 2.75) is 56.3 Å². The molecule has 1 unspecified atom stereocenters. The second-order valence-corrected chi connectivity index (χ2v) is 11.1. The summed E-state index contributed by atoms with van der Waals surface area (Å²) in [5.41, 5.74) is 3.74. The van der Waals surface area contributed by atoms with E-state index in [-0.39, 0.29) is 12.6 Å². The first-order valence-electron chi connectivity index (χ1n) is 12.8. The molecule has 0 N–H and O–H groups in total. The molecule has 3 aromatic carbocycles. The summed E-state index contributed by atoms with van der Waals surface area (Å²) >= 11 is 0. The molecule has 6 heteroatoms. The molecule has 0 spiro atoms. The van der Waals surface area contributed by atoms with E-state index >= 15 is 0 Å². The van der Waals surface area contributed by atoms with Crippen LogP contribution in [0.2, 0.25) is 0 Å². The normalized spacial score (nSPS) is 16.2. The SMILES string of the molecule is CCCN(CCC)S(=O)c1ccc(-c2cccc(CC(=O)C3(c4ccc5c(c4)OCO5)CC3)c2)cc1. The van der Waals surface area contributed by atoms with Crippen LogP contribution in [0.1, 0.15) is 50.7 Å². The number of benzene rings is 3. The van der Waals surface area contributed by atoms with E-state index < -0.39 is 16.4 Å². The quantitative estimate of drug-likeness (QED) is 0.319. The van der Waals surface area contributed by atoms with Crippen LogP contribution >= 0.6 is 0 Å². The van der Waals surface area contributed by atoms with Crippen LogP contribution < -0.4 is 9.47 Å². The van der Waals surface area contributed by atoms with E-state index in [9.17, 15) is 9.00 Å². The lowest BCUT2D eigenvalue weighted by Crippen LogP contribution is -2.27. The summed E-state index contributed by atoms with van der Waals surface area (Å²) in [7, 11) is -1.15. The zero-order valence-electron chi connectivity index (χ0n) is 21.0. The maximum atomic E-state index is 13.4. The number of hydrogen-bond donors (Lipinski definition) is 0. The molecule has 36 heavy (non-hydrogen) atoms. The van der Waals surface area contributed by atoms with Crippen LogP contribution in [0.15, 0.2) is 71.6 Å². The molecule has 1 fully saturated rings. The van der Waals surface area contributed by atoms with Crippen molar-refractivity contribution in [2.24, 2.45) is 0 Å². The minimum atomic E-state index is -1.15. The molecule has 0 aromatic heterocycles. The molecule has 188 valence electrons. The first-order valence-corrected chi connectivity index (χ1v) is 13.9. The second-order valence-electron chi connectivity index (χ2n) is 9.65. The van der Waals surface area contributed by atoms with Gasteiger partial charge < -0.3 is 9.47 Å². The number of rotatable bonds is 11. The van der Waals surface area contributed by atoms with Crippen LogP contribution in [0.3, 0.4) is 0 Å². The van der Waals surface area contributed by atoms with E-state index in [4.69, 9.17) is 9.47 Å². The first-order chi connectivity index (χ1) is 17.5. The lowest BCUT2D eigenvalue weighted by atomic mass is 9.87. The molecule has 0 radical (unpaired) electrons. The smallest absolute Gasteiger partial charge is 0.231 e. The molecule has 3 aromatic rings.